The third-order valence-electron chi connectivity index (χ3n) is 2.38. The van der Waals surface area contributed by atoms with Crippen LogP contribution in [0.4, 0.5) is 11.4 Å². The average molecular weight is 261 g/mol. The van der Waals surface area contributed by atoms with Crippen LogP contribution in [0.1, 0.15) is 10.4 Å². The van der Waals surface area contributed by atoms with Crippen LogP contribution in [0, 0.1) is 0 Å². The molecular weight excluding hydrogens is 250 g/mol. The number of nitrogens with two attached hydrogens (primary N) is 2. The number of anilines is 2. The Balaban J connectivity index is 2.40. The summed E-state index contributed by atoms with van der Waals surface area (Å²) < 4.78 is 4.94. The SMILES string of the molecule is Nc1cc(N)c(O)c(C(=O)Oc2cccnc2)c1O. The smallest absolute Gasteiger partial charge is 0.351 e. The monoisotopic (exact) mass is 261 g/mol. The van der Waals surface area contributed by atoms with E-state index in [4.69, 9.17) is 16.2 Å². The number of benzene rings is 1. The maximum Gasteiger partial charge on any atom is 0.351 e. The average Bonchev–Trinajstić information content (AvgIpc) is 2.38. The van der Waals surface area contributed by atoms with Crippen LogP contribution in [0.25, 0.3) is 0 Å². The van der Waals surface area contributed by atoms with Gasteiger partial charge in [0, 0.05) is 6.20 Å². The lowest BCUT2D eigenvalue weighted by molar-refractivity contribution is 0.0728. The molecule has 1 heterocycles. The highest BCUT2D eigenvalue weighted by molar-refractivity contribution is 6.00. The van der Waals surface area contributed by atoms with E-state index in [1.165, 1.54) is 18.5 Å². The van der Waals surface area contributed by atoms with E-state index in [1.807, 2.05) is 0 Å². The highest BCUT2D eigenvalue weighted by Gasteiger charge is 2.23. The first-order valence-corrected chi connectivity index (χ1v) is 5.22. The Labute approximate surface area is 108 Å². The summed E-state index contributed by atoms with van der Waals surface area (Å²) in [7, 11) is 0. The maximum absolute atomic E-state index is 11.9. The van der Waals surface area contributed by atoms with Gasteiger partial charge in [0.15, 0.2) is 11.5 Å². The molecule has 0 saturated carbocycles. The topological polar surface area (TPSA) is 132 Å². The number of carbonyl (C=O) groups is 1. The van der Waals surface area contributed by atoms with E-state index in [0.29, 0.717) is 0 Å². The van der Waals surface area contributed by atoms with Crippen LogP contribution in [-0.2, 0) is 0 Å². The molecule has 0 spiro atoms. The number of nitrogen functional groups attached to an aromatic ring is 2. The number of hydrogen-bond acceptors (Lipinski definition) is 7. The van der Waals surface area contributed by atoms with Crippen LogP contribution < -0.4 is 16.2 Å². The van der Waals surface area contributed by atoms with E-state index >= 15 is 0 Å². The molecule has 1 aromatic heterocycles. The second kappa shape index (κ2) is 4.73. The van der Waals surface area contributed by atoms with Crippen molar-refractivity contribution in [3.8, 4) is 17.2 Å². The van der Waals surface area contributed by atoms with Gasteiger partial charge >= 0.3 is 5.97 Å². The molecule has 7 nitrogen and oxygen atoms in total. The summed E-state index contributed by atoms with van der Waals surface area (Å²) >= 11 is 0. The molecule has 0 amide bonds. The molecule has 0 atom stereocenters. The molecule has 0 aliphatic heterocycles. The highest BCUT2D eigenvalue weighted by Crippen LogP contribution is 2.37. The zero-order chi connectivity index (χ0) is 14.0. The molecule has 98 valence electrons. The Hall–Kier alpha value is -2.96. The lowest BCUT2D eigenvalue weighted by atomic mass is 10.1. The number of carbonyl (C=O) groups excluding carboxylic acids is 1. The minimum atomic E-state index is -0.984. The Morgan fingerprint density at radius 1 is 1.21 bits per heavy atom. The predicted molar refractivity (Wildman–Crippen MR) is 67.8 cm³/mol. The van der Waals surface area contributed by atoms with Gasteiger partial charge in [0.25, 0.3) is 0 Å². The number of aromatic nitrogens is 1. The van der Waals surface area contributed by atoms with E-state index in [1.54, 1.807) is 6.07 Å². The van der Waals surface area contributed by atoms with E-state index < -0.39 is 23.0 Å². The van der Waals surface area contributed by atoms with Crippen LogP contribution in [0.3, 0.4) is 0 Å². The zero-order valence-corrected chi connectivity index (χ0v) is 9.70. The Morgan fingerprint density at radius 2 is 1.84 bits per heavy atom. The van der Waals surface area contributed by atoms with Crippen LogP contribution in [0.5, 0.6) is 17.2 Å². The van der Waals surface area contributed by atoms with Crippen molar-refractivity contribution in [2.24, 2.45) is 0 Å². The molecule has 0 saturated heterocycles. The number of phenols is 2. The van der Waals surface area contributed by atoms with Gasteiger partial charge in [0.05, 0.1) is 17.6 Å². The first-order valence-electron chi connectivity index (χ1n) is 5.22. The molecule has 0 fully saturated rings. The molecule has 6 N–H and O–H groups in total. The van der Waals surface area contributed by atoms with Crippen molar-refractivity contribution >= 4 is 17.3 Å². The van der Waals surface area contributed by atoms with Crippen molar-refractivity contribution in [1.82, 2.24) is 4.98 Å². The summed E-state index contributed by atoms with van der Waals surface area (Å²) in [6.45, 7) is 0. The van der Waals surface area contributed by atoms with Crippen LogP contribution >= 0.6 is 0 Å². The van der Waals surface area contributed by atoms with E-state index in [0.717, 1.165) is 6.07 Å². The fourth-order valence-corrected chi connectivity index (χ4v) is 1.46. The largest absolute Gasteiger partial charge is 0.505 e. The van der Waals surface area contributed by atoms with Gasteiger partial charge in [-0.1, -0.05) is 0 Å². The van der Waals surface area contributed by atoms with Gasteiger partial charge in [-0.3, -0.25) is 4.98 Å². The van der Waals surface area contributed by atoms with Gasteiger partial charge in [0.1, 0.15) is 11.3 Å². The number of phenolic OH excluding ortho intramolecular Hbond substituents is 2. The maximum atomic E-state index is 11.9. The minimum absolute atomic E-state index is 0.131. The van der Waals surface area contributed by atoms with Gasteiger partial charge in [-0.05, 0) is 18.2 Å². The summed E-state index contributed by atoms with van der Waals surface area (Å²) in [5, 5.41) is 19.4. The van der Waals surface area contributed by atoms with Crippen molar-refractivity contribution in [3.05, 3.63) is 36.2 Å². The van der Waals surface area contributed by atoms with E-state index in [-0.39, 0.29) is 17.1 Å². The molecule has 0 bridgehead atoms. The quantitative estimate of drug-likeness (QED) is 0.273. The first kappa shape index (κ1) is 12.5. The number of esters is 1. The second-order valence-corrected chi connectivity index (χ2v) is 3.71. The van der Waals surface area contributed by atoms with Crippen LogP contribution in [0.2, 0.25) is 0 Å². The Kier molecular flexibility index (Phi) is 3.11. The van der Waals surface area contributed by atoms with Gasteiger partial charge in [-0.25, -0.2) is 4.79 Å². The summed E-state index contributed by atoms with van der Waals surface area (Å²) in [6, 6.07) is 4.20. The normalized spacial score (nSPS) is 10.1. The Morgan fingerprint density at radius 3 is 2.37 bits per heavy atom. The number of rotatable bonds is 2. The fraction of sp³-hybridized carbons (Fsp3) is 0. The number of ether oxygens (including phenoxy) is 1. The summed E-state index contributed by atoms with van der Waals surface area (Å²) in [5.41, 5.74) is 10.2. The number of hydrogen-bond donors (Lipinski definition) is 4. The molecule has 0 aliphatic carbocycles. The molecule has 2 rings (SSSR count). The Bertz CT molecular complexity index is 602. The lowest BCUT2D eigenvalue weighted by Crippen LogP contribution is -2.11. The van der Waals surface area contributed by atoms with Crippen LogP contribution in [-0.4, -0.2) is 21.2 Å². The van der Waals surface area contributed by atoms with Crippen molar-refractivity contribution in [2.45, 2.75) is 0 Å². The van der Waals surface area contributed by atoms with Crippen molar-refractivity contribution in [1.29, 1.82) is 0 Å². The van der Waals surface area contributed by atoms with Crippen molar-refractivity contribution < 1.29 is 19.7 Å². The third kappa shape index (κ3) is 2.34. The standard InChI is InChI=1S/C12H11N3O4/c13-7-4-8(14)11(17)9(10(7)16)12(18)19-6-2-1-3-15-5-6/h1-5,16-17H,13-14H2. The van der Waals surface area contributed by atoms with Gasteiger partial charge in [-0.2, -0.15) is 0 Å². The predicted octanol–water partition coefficient (Wildman–Crippen LogP) is 0.876. The minimum Gasteiger partial charge on any atom is -0.505 e. The third-order valence-corrected chi connectivity index (χ3v) is 2.38. The summed E-state index contributed by atoms with van der Waals surface area (Å²) in [5.74, 6) is -1.99. The molecule has 1 aromatic carbocycles. The highest BCUT2D eigenvalue weighted by atomic mass is 16.5. The molecule has 7 heteroatoms. The van der Waals surface area contributed by atoms with Gasteiger partial charge < -0.3 is 26.4 Å². The van der Waals surface area contributed by atoms with Crippen LogP contribution in [0.15, 0.2) is 30.6 Å². The number of pyridine rings is 1. The molecule has 19 heavy (non-hydrogen) atoms. The first-order chi connectivity index (χ1) is 9.00. The summed E-state index contributed by atoms with van der Waals surface area (Å²) in [6.07, 6.45) is 2.81. The van der Waals surface area contributed by atoms with E-state index in [2.05, 4.69) is 4.98 Å². The molecular formula is C12H11N3O4. The summed E-state index contributed by atoms with van der Waals surface area (Å²) in [4.78, 5) is 15.6. The van der Waals surface area contributed by atoms with Gasteiger partial charge in [0.2, 0.25) is 0 Å². The number of nitrogens with zero attached hydrogens (tertiary/aromatic N) is 1. The number of aromatic hydroxyl groups is 2. The van der Waals surface area contributed by atoms with Crippen molar-refractivity contribution in [2.75, 3.05) is 11.5 Å². The zero-order valence-electron chi connectivity index (χ0n) is 9.70. The van der Waals surface area contributed by atoms with Crippen molar-refractivity contribution in [3.63, 3.8) is 0 Å². The molecule has 0 aliphatic rings. The molecule has 0 unspecified atom stereocenters. The fourth-order valence-electron chi connectivity index (χ4n) is 1.46. The van der Waals surface area contributed by atoms with E-state index in [9.17, 15) is 15.0 Å². The van der Waals surface area contributed by atoms with Gasteiger partial charge in [-0.15, -0.1) is 0 Å². The molecule has 0 radical (unpaired) electrons. The molecule has 2 aromatic rings. The lowest BCUT2D eigenvalue weighted by Gasteiger charge is -2.11. The second-order valence-electron chi connectivity index (χ2n) is 3.71.